The maximum absolute atomic E-state index is 5.22. The maximum Gasteiger partial charge on any atom is 0.0287 e. The molecule has 0 aromatic carbocycles. The Morgan fingerprint density at radius 1 is 1.14 bits per heavy atom. The van der Waals surface area contributed by atoms with Crippen molar-refractivity contribution >= 4 is 12.4 Å². The van der Waals surface area contributed by atoms with E-state index in [9.17, 15) is 0 Å². The third-order valence-electron chi connectivity index (χ3n) is 0.605. The molecule has 0 unspecified atom stereocenters. The van der Waals surface area contributed by atoms with Crippen LogP contribution in [0.25, 0.3) is 0 Å². The zero-order valence-corrected chi connectivity index (χ0v) is 4.95. The number of halogens is 1. The van der Waals surface area contributed by atoms with Gasteiger partial charge in [-0.25, -0.2) is 0 Å². The van der Waals surface area contributed by atoms with E-state index in [0.717, 1.165) is 0 Å². The van der Waals surface area contributed by atoms with Crippen molar-refractivity contribution in [2.24, 2.45) is 17.2 Å². The second kappa shape index (κ2) is 6.17. The quantitative estimate of drug-likeness (QED) is 0.427. The highest BCUT2D eigenvalue weighted by atomic mass is 35.5. The van der Waals surface area contributed by atoms with Crippen LogP contribution in [-0.2, 0) is 0 Å². The Morgan fingerprint density at radius 2 is 1.43 bits per heavy atom. The summed E-state index contributed by atoms with van der Waals surface area (Å²) in [6, 6.07) is -0.00926. The molecule has 0 aliphatic rings. The minimum absolute atomic E-state index is 0. The molecule has 3 nitrogen and oxygen atoms in total. The molecule has 0 saturated carbocycles. The van der Waals surface area contributed by atoms with Crippen molar-refractivity contribution in [2.45, 2.75) is 6.04 Å². The summed E-state index contributed by atoms with van der Waals surface area (Å²) in [4.78, 5) is 0. The van der Waals surface area contributed by atoms with Crippen molar-refractivity contribution in [2.75, 3.05) is 13.1 Å². The van der Waals surface area contributed by atoms with E-state index in [0.29, 0.717) is 13.1 Å². The van der Waals surface area contributed by atoms with Crippen LogP contribution in [0.15, 0.2) is 0 Å². The Kier molecular flexibility index (Phi) is 9.00. The maximum atomic E-state index is 5.22. The minimum atomic E-state index is -0.00926. The third-order valence-corrected chi connectivity index (χ3v) is 0.605. The van der Waals surface area contributed by atoms with Crippen molar-refractivity contribution in [3.8, 4) is 0 Å². The first kappa shape index (κ1) is 10.2. The molecule has 0 rings (SSSR count). The SMILES string of the molecule is Cl.NCC(N)CN. The van der Waals surface area contributed by atoms with Crippen LogP contribution in [0.3, 0.4) is 0 Å². The van der Waals surface area contributed by atoms with Gasteiger partial charge in [0.2, 0.25) is 0 Å². The van der Waals surface area contributed by atoms with E-state index in [-0.39, 0.29) is 18.4 Å². The van der Waals surface area contributed by atoms with E-state index >= 15 is 0 Å². The highest BCUT2D eigenvalue weighted by Gasteiger charge is 1.89. The lowest BCUT2D eigenvalue weighted by Crippen LogP contribution is -2.36. The second-order valence-corrected chi connectivity index (χ2v) is 1.23. The van der Waals surface area contributed by atoms with Crippen LogP contribution in [0.1, 0.15) is 0 Å². The number of hydrogen-bond donors (Lipinski definition) is 3. The molecule has 0 fully saturated rings. The van der Waals surface area contributed by atoms with E-state index in [1.165, 1.54) is 0 Å². The Morgan fingerprint density at radius 3 is 1.43 bits per heavy atom. The van der Waals surface area contributed by atoms with Crippen molar-refractivity contribution in [1.82, 2.24) is 0 Å². The minimum Gasteiger partial charge on any atom is -0.329 e. The van der Waals surface area contributed by atoms with Gasteiger partial charge in [-0.3, -0.25) is 0 Å². The van der Waals surface area contributed by atoms with E-state index in [2.05, 4.69) is 0 Å². The molecule has 0 spiro atoms. The zero-order valence-electron chi connectivity index (χ0n) is 4.13. The van der Waals surface area contributed by atoms with E-state index in [1.807, 2.05) is 0 Å². The summed E-state index contributed by atoms with van der Waals surface area (Å²) in [5.41, 5.74) is 15.4. The Bertz CT molecular complexity index is 29.4. The van der Waals surface area contributed by atoms with Crippen LogP contribution >= 0.6 is 12.4 Å². The van der Waals surface area contributed by atoms with Gasteiger partial charge in [0, 0.05) is 19.1 Å². The monoisotopic (exact) mass is 125 g/mol. The van der Waals surface area contributed by atoms with E-state index in [4.69, 9.17) is 17.2 Å². The van der Waals surface area contributed by atoms with Gasteiger partial charge >= 0.3 is 0 Å². The summed E-state index contributed by atoms with van der Waals surface area (Å²) >= 11 is 0. The van der Waals surface area contributed by atoms with Crippen LogP contribution in [0.5, 0.6) is 0 Å². The molecule has 4 heteroatoms. The van der Waals surface area contributed by atoms with Crippen LogP contribution in [0, 0.1) is 0 Å². The lowest BCUT2D eigenvalue weighted by atomic mass is 10.3. The molecule has 0 aliphatic carbocycles. The first-order valence-electron chi connectivity index (χ1n) is 1.97. The molecule has 0 saturated heterocycles. The third kappa shape index (κ3) is 6.17. The number of rotatable bonds is 2. The van der Waals surface area contributed by atoms with Crippen molar-refractivity contribution in [1.29, 1.82) is 0 Å². The molecule has 0 aliphatic heterocycles. The summed E-state index contributed by atoms with van der Waals surface area (Å²) < 4.78 is 0. The highest BCUT2D eigenvalue weighted by Crippen LogP contribution is 1.59. The fraction of sp³-hybridized carbons (Fsp3) is 1.00. The summed E-state index contributed by atoms with van der Waals surface area (Å²) in [6.45, 7) is 0.965. The Labute approximate surface area is 49.6 Å². The summed E-state index contributed by atoms with van der Waals surface area (Å²) in [7, 11) is 0. The van der Waals surface area contributed by atoms with Gasteiger partial charge in [-0.1, -0.05) is 0 Å². The van der Waals surface area contributed by atoms with Gasteiger partial charge in [0.15, 0.2) is 0 Å². The lowest BCUT2D eigenvalue weighted by molar-refractivity contribution is 0.692. The topological polar surface area (TPSA) is 78.1 Å². The largest absolute Gasteiger partial charge is 0.329 e. The first-order chi connectivity index (χ1) is 2.81. The van der Waals surface area contributed by atoms with Gasteiger partial charge in [0.1, 0.15) is 0 Å². The normalized spacial score (nSPS) is 8.57. The molecule has 0 atom stereocenters. The Balaban J connectivity index is 0. The summed E-state index contributed by atoms with van der Waals surface area (Å²) in [5.74, 6) is 0. The molecule has 6 N–H and O–H groups in total. The molecule has 0 radical (unpaired) electrons. The Hall–Kier alpha value is 0.170. The first-order valence-corrected chi connectivity index (χ1v) is 1.97. The van der Waals surface area contributed by atoms with Crippen molar-refractivity contribution in [3.63, 3.8) is 0 Å². The van der Waals surface area contributed by atoms with Crippen LogP contribution in [0.4, 0.5) is 0 Å². The van der Waals surface area contributed by atoms with Gasteiger partial charge < -0.3 is 17.2 Å². The molecule has 0 bridgehead atoms. The molecular weight excluding hydrogens is 114 g/mol. The zero-order chi connectivity index (χ0) is 4.99. The van der Waals surface area contributed by atoms with Crippen LogP contribution < -0.4 is 17.2 Å². The second-order valence-electron chi connectivity index (χ2n) is 1.23. The number of hydrogen-bond acceptors (Lipinski definition) is 3. The van der Waals surface area contributed by atoms with Gasteiger partial charge in [0.25, 0.3) is 0 Å². The molecule has 0 heterocycles. The molecule has 0 aromatic heterocycles. The van der Waals surface area contributed by atoms with Gasteiger partial charge in [-0.2, -0.15) is 0 Å². The van der Waals surface area contributed by atoms with E-state index < -0.39 is 0 Å². The van der Waals surface area contributed by atoms with Crippen molar-refractivity contribution < 1.29 is 0 Å². The molecule has 0 amide bonds. The predicted octanol–water partition coefficient (Wildman–Crippen LogP) is -1.35. The fourth-order valence-corrected chi connectivity index (χ4v) is 0.0962. The summed E-state index contributed by atoms with van der Waals surface area (Å²) in [6.07, 6.45) is 0. The van der Waals surface area contributed by atoms with E-state index in [1.54, 1.807) is 0 Å². The predicted molar refractivity (Wildman–Crippen MR) is 33.3 cm³/mol. The number of nitrogens with two attached hydrogens (primary N) is 3. The molecule has 0 aromatic rings. The van der Waals surface area contributed by atoms with Crippen LogP contribution in [0.2, 0.25) is 0 Å². The van der Waals surface area contributed by atoms with Gasteiger partial charge in [0.05, 0.1) is 0 Å². The van der Waals surface area contributed by atoms with Crippen molar-refractivity contribution in [3.05, 3.63) is 0 Å². The summed E-state index contributed by atoms with van der Waals surface area (Å²) in [5, 5.41) is 0. The molecule has 7 heavy (non-hydrogen) atoms. The lowest BCUT2D eigenvalue weighted by Gasteiger charge is -1.99. The van der Waals surface area contributed by atoms with Gasteiger partial charge in [-0.05, 0) is 0 Å². The molecule has 46 valence electrons. The fourth-order valence-electron chi connectivity index (χ4n) is 0.0962. The standard InChI is InChI=1S/C3H11N3.ClH/c4-1-3(6)2-5;/h3H,1-2,4-6H2;1H. The van der Waals surface area contributed by atoms with Crippen LogP contribution in [-0.4, -0.2) is 19.1 Å². The molecular formula is C3H12ClN3. The van der Waals surface area contributed by atoms with Gasteiger partial charge in [-0.15, -0.1) is 12.4 Å². The average Bonchev–Trinajstić information content (AvgIpc) is 1.65. The average molecular weight is 126 g/mol. The smallest absolute Gasteiger partial charge is 0.0287 e. The highest BCUT2D eigenvalue weighted by molar-refractivity contribution is 5.85.